The average molecular weight is 1410 g/mol. The number of hydrogen-bond donors (Lipinski definition) is 0. The zero-order chi connectivity index (χ0) is 73.1. The molecule has 0 fully saturated rings. The minimum atomic E-state index is 0.854. The Hall–Kier alpha value is -15.1. The molecule has 0 spiro atoms. The monoisotopic (exact) mass is 1410 g/mol. The second-order valence-corrected chi connectivity index (χ2v) is 27.0. The van der Waals surface area contributed by atoms with Crippen molar-refractivity contribution in [1.82, 2.24) is 54.8 Å². The summed E-state index contributed by atoms with van der Waals surface area (Å²) in [6, 6.07) is 121. The molecule has 110 heavy (non-hydrogen) atoms. The molecule has 11 nitrogen and oxygen atoms in total. The van der Waals surface area contributed by atoms with Crippen LogP contribution in [0.1, 0.15) is 0 Å². The molecule has 0 radical (unpaired) electrons. The van der Waals surface area contributed by atoms with E-state index in [0.29, 0.717) is 0 Å². The van der Waals surface area contributed by atoms with Crippen molar-refractivity contribution in [2.75, 3.05) is 0 Å². The van der Waals surface area contributed by atoms with Crippen molar-refractivity contribution in [3.05, 3.63) is 383 Å². The van der Waals surface area contributed by atoms with Crippen LogP contribution in [0.5, 0.6) is 0 Å². The normalized spacial score (nSPS) is 11.3. The number of benzene rings is 10. The Bertz CT molecular complexity index is 6910. The second-order valence-electron chi connectivity index (χ2n) is 27.0. The average Bonchev–Trinajstić information content (AvgIpc) is 0.761. The number of fused-ring (bicyclic) bond motifs is 9. The van der Waals surface area contributed by atoms with E-state index in [9.17, 15) is 0 Å². The first-order valence-corrected chi connectivity index (χ1v) is 36.5. The molecule has 11 aromatic heterocycles. The second kappa shape index (κ2) is 29.1. The van der Waals surface area contributed by atoms with Crippen molar-refractivity contribution in [3.8, 4) is 113 Å². The maximum Gasteiger partial charge on any atom is 0.0894 e. The van der Waals surface area contributed by atoms with Gasteiger partial charge in [0.05, 0.1) is 95.7 Å². The van der Waals surface area contributed by atoms with Gasteiger partial charge >= 0.3 is 0 Å². The highest BCUT2D eigenvalue weighted by atomic mass is 14.8. The van der Waals surface area contributed by atoms with Gasteiger partial charge in [-0.05, 0) is 200 Å². The lowest BCUT2D eigenvalue weighted by Gasteiger charge is -2.11. The molecule has 514 valence electrons. The summed E-state index contributed by atoms with van der Waals surface area (Å²) in [7, 11) is 0. The molecule has 11 heteroatoms. The molecule has 0 amide bonds. The molecule has 21 aromatic rings. The van der Waals surface area contributed by atoms with Crippen molar-refractivity contribution in [2.45, 2.75) is 0 Å². The maximum atomic E-state index is 5.18. The van der Waals surface area contributed by atoms with Crippen molar-refractivity contribution in [2.24, 2.45) is 0 Å². The lowest BCUT2D eigenvalue weighted by atomic mass is 9.95. The largest absolute Gasteiger partial charge is 0.255 e. The van der Waals surface area contributed by atoms with E-state index in [1.54, 1.807) is 24.8 Å². The van der Waals surface area contributed by atoms with Crippen molar-refractivity contribution >= 4 is 87.0 Å². The minimum Gasteiger partial charge on any atom is -0.255 e. The van der Waals surface area contributed by atoms with E-state index < -0.39 is 0 Å². The smallest absolute Gasteiger partial charge is 0.0894 e. The predicted molar refractivity (Wildman–Crippen MR) is 449 cm³/mol. The minimum absolute atomic E-state index is 0.854. The van der Waals surface area contributed by atoms with Crippen molar-refractivity contribution < 1.29 is 0 Å². The Kier molecular flexibility index (Phi) is 17.4. The van der Waals surface area contributed by atoms with Gasteiger partial charge in [0.15, 0.2) is 0 Å². The topological polar surface area (TPSA) is 142 Å². The molecule has 0 atom stereocenters. The number of aromatic nitrogens is 11. The van der Waals surface area contributed by atoms with Crippen molar-refractivity contribution in [3.63, 3.8) is 0 Å². The van der Waals surface area contributed by atoms with Gasteiger partial charge in [-0.1, -0.05) is 218 Å². The van der Waals surface area contributed by atoms with Crippen LogP contribution in [0.15, 0.2) is 383 Å². The fraction of sp³-hybridized carbons (Fsp3) is 0. The summed E-state index contributed by atoms with van der Waals surface area (Å²) >= 11 is 0. The molecular weight excluding hydrogens is 1340 g/mol. The molecule has 11 heterocycles. The molecule has 0 aliphatic carbocycles. The Morgan fingerprint density at radius 3 is 0.818 bits per heavy atom. The first-order chi connectivity index (χ1) is 54.4. The van der Waals surface area contributed by atoms with Gasteiger partial charge in [-0.3, -0.25) is 24.9 Å². The summed E-state index contributed by atoms with van der Waals surface area (Å²) in [5, 5.41) is 11.6. The van der Waals surface area contributed by atoms with Crippen LogP contribution in [-0.4, -0.2) is 54.8 Å². The summed E-state index contributed by atoms with van der Waals surface area (Å²) < 4.78 is 0. The van der Waals surface area contributed by atoms with Gasteiger partial charge < -0.3 is 0 Å². The third-order valence-electron chi connectivity index (χ3n) is 20.0. The highest BCUT2D eigenvalue weighted by molar-refractivity contribution is 6.14. The Balaban J connectivity index is 0.000000112. The van der Waals surface area contributed by atoms with Crippen LogP contribution >= 0.6 is 0 Å². The number of pyridine rings is 11. The van der Waals surface area contributed by atoms with E-state index in [-0.39, 0.29) is 0 Å². The molecule has 0 saturated heterocycles. The van der Waals surface area contributed by atoms with Crippen LogP contribution in [0, 0.1) is 0 Å². The highest BCUT2D eigenvalue weighted by Gasteiger charge is 2.15. The van der Waals surface area contributed by atoms with Gasteiger partial charge in [0.2, 0.25) is 0 Å². The summed E-state index contributed by atoms with van der Waals surface area (Å²) in [5.41, 5.74) is 25.4. The van der Waals surface area contributed by atoms with Gasteiger partial charge in [-0.2, -0.15) is 0 Å². The molecule has 0 bridgehead atoms. The van der Waals surface area contributed by atoms with Gasteiger partial charge in [-0.15, -0.1) is 0 Å². The summed E-state index contributed by atoms with van der Waals surface area (Å²) in [6.07, 6.45) is 9.02. The third-order valence-corrected chi connectivity index (χ3v) is 20.0. The standard InChI is InChI=1S/C37H23N3.C34H22N4.C28H18N4/c1-2-8-30-24(6-1)11-14-27-7-5-9-31(37(27)30)32-19-17-25-12-15-28(22-35(25)39-32)29-16-13-26-18-20-34(40-36(26)23-29)33-10-3-4-21-38-33;1-2-6-23(7-3-1)28-17-19-36-34(22-28)31-16-14-25-10-12-27(21-33(25)38-31)26-11-9-24-13-15-30(37-32(24)20-26)29-8-4-5-18-35-29;1-3-15-29-23(5-1)25-13-11-19-7-9-21(17-27(19)31-25)22-10-8-20-12-14-26(32-28(20)18-22)24-6-2-4-16-30-24/h1-23H;1-22H;1-18H. The first kappa shape index (κ1) is 65.7. The van der Waals surface area contributed by atoms with E-state index in [0.717, 1.165) is 178 Å². The van der Waals surface area contributed by atoms with Crippen molar-refractivity contribution in [1.29, 1.82) is 0 Å². The lowest BCUT2D eigenvalue weighted by Crippen LogP contribution is -1.91. The van der Waals surface area contributed by atoms with E-state index in [1.165, 1.54) is 21.5 Å². The van der Waals surface area contributed by atoms with Crippen LogP contribution in [-0.2, 0) is 0 Å². The van der Waals surface area contributed by atoms with Gasteiger partial charge in [0, 0.05) is 68.9 Å². The molecule has 0 N–H and O–H groups in total. The predicted octanol–water partition coefficient (Wildman–Crippen LogP) is 24.3. The zero-order valence-electron chi connectivity index (χ0n) is 59.3. The van der Waals surface area contributed by atoms with E-state index in [2.05, 4.69) is 249 Å². The molecule has 21 rings (SSSR count). The molecule has 10 aromatic carbocycles. The molecular formula is C99H63N11. The van der Waals surface area contributed by atoms with E-state index in [1.807, 2.05) is 134 Å². The van der Waals surface area contributed by atoms with Gasteiger partial charge in [-0.25, -0.2) is 29.9 Å². The van der Waals surface area contributed by atoms with Crippen LogP contribution in [0.3, 0.4) is 0 Å². The van der Waals surface area contributed by atoms with E-state index in [4.69, 9.17) is 29.9 Å². The maximum absolute atomic E-state index is 5.18. The quantitative estimate of drug-likeness (QED) is 0.121. The van der Waals surface area contributed by atoms with Crippen LogP contribution in [0.4, 0.5) is 0 Å². The summed E-state index contributed by atoms with van der Waals surface area (Å²) in [6.45, 7) is 0. The summed E-state index contributed by atoms with van der Waals surface area (Å²) in [4.78, 5) is 52.1. The van der Waals surface area contributed by atoms with Gasteiger partial charge in [0.1, 0.15) is 0 Å². The molecule has 0 aliphatic rings. The molecule has 0 saturated carbocycles. The Morgan fingerprint density at radius 2 is 0.436 bits per heavy atom. The third kappa shape index (κ3) is 13.5. The first-order valence-electron chi connectivity index (χ1n) is 36.5. The number of rotatable bonds is 10. The fourth-order valence-electron chi connectivity index (χ4n) is 14.4. The SMILES string of the molecule is c1ccc(-c2ccc3ccc(-c4ccc5ccc(-c6cccc7ccc8ccccc8c67)nc5c4)cc3n2)nc1.c1ccc(-c2ccc3ccc(-c4ccc5ccc(-c6ccccn6)nc5c4)cc3n2)nc1.c1ccc(-c2ccnc(-c3ccc4ccc(-c5ccc6ccc(-c7ccccn7)nc6c5)cc4n3)c2)cc1. The number of hydrogen-bond acceptors (Lipinski definition) is 11. The lowest BCUT2D eigenvalue weighted by molar-refractivity contribution is 1.27. The van der Waals surface area contributed by atoms with Crippen LogP contribution in [0.2, 0.25) is 0 Å². The zero-order valence-corrected chi connectivity index (χ0v) is 59.3. The summed E-state index contributed by atoms with van der Waals surface area (Å²) in [5.74, 6) is 0. The van der Waals surface area contributed by atoms with Crippen LogP contribution in [0.25, 0.3) is 200 Å². The fourth-order valence-corrected chi connectivity index (χ4v) is 14.4. The highest BCUT2D eigenvalue weighted by Crippen LogP contribution is 2.38. The molecule has 0 aliphatic heterocycles. The van der Waals surface area contributed by atoms with E-state index >= 15 is 0 Å². The van der Waals surface area contributed by atoms with Crippen LogP contribution < -0.4 is 0 Å². The van der Waals surface area contributed by atoms with Gasteiger partial charge in [0.25, 0.3) is 0 Å². The number of nitrogens with zero attached hydrogens (tertiary/aromatic N) is 11. The molecule has 0 unspecified atom stereocenters. The Labute approximate surface area is 633 Å². The Morgan fingerprint density at radius 1 is 0.145 bits per heavy atom.